The van der Waals surface area contributed by atoms with Gasteiger partial charge in [0.05, 0.1) is 6.26 Å². The summed E-state index contributed by atoms with van der Waals surface area (Å²) in [4.78, 5) is 0. The predicted molar refractivity (Wildman–Crippen MR) is 77.3 cm³/mol. The third kappa shape index (κ3) is 9.92. The fourth-order valence-electron chi connectivity index (χ4n) is 1.76. The molecule has 0 rings (SSSR count). The van der Waals surface area contributed by atoms with Crippen LogP contribution in [0.5, 0.6) is 0 Å². The van der Waals surface area contributed by atoms with Crippen LogP contribution in [-0.4, -0.2) is 5.11 Å². The monoisotopic (exact) mass is 236 g/mol. The highest BCUT2D eigenvalue weighted by Gasteiger charge is 1.92. The Morgan fingerprint density at radius 2 is 1.29 bits per heavy atom. The van der Waals surface area contributed by atoms with Crippen LogP contribution in [0.25, 0.3) is 0 Å². The molecule has 0 saturated heterocycles. The quantitative estimate of drug-likeness (QED) is 0.423. The topological polar surface area (TPSA) is 20.2 Å². The zero-order chi connectivity index (χ0) is 13.1. The van der Waals surface area contributed by atoms with Crippen LogP contribution in [0.15, 0.2) is 35.1 Å². The Bertz CT molecular complexity index is 282. The van der Waals surface area contributed by atoms with Crippen molar-refractivity contribution in [2.75, 3.05) is 0 Å². The molecular formula is C16H28O. The molecule has 0 bridgehead atoms. The Labute approximate surface area is 107 Å². The predicted octanol–water partition coefficient (Wildman–Crippen LogP) is 5.70. The second-order valence-corrected chi connectivity index (χ2v) is 4.90. The van der Waals surface area contributed by atoms with Crippen molar-refractivity contribution in [1.82, 2.24) is 0 Å². The van der Waals surface area contributed by atoms with E-state index >= 15 is 0 Å². The van der Waals surface area contributed by atoms with E-state index in [1.54, 1.807) is 0 Å². The van der Waals surface area contributed by atoms with Crippen LogP contribution >= 0.6 is 0 Å². The van der Waals surface area contributed by atoms with Gasteiger partial charge in [0.2, 0.25) is 0 Å². The van der Waals surface area contributed by atoms with E-state index in [4.69, 9.17) is 5.11 Å². The Balaban J connectivity index is 3.81. The molecule has 1 N–H and O–H groups in total. The highest BCUT2D eigenvalue weighted by Crippen LogP contribution is 2.12. The van der Waals surface area contributed by atoms with Crippen LogP contribution in [0.2, 0.25) is 0 Å². The van der Waals surface area contributed by atoms with E-state index in [-0.39, 0.29) is 0 Å². The van der Waals surface area contributed by atoms with Crippen LogP contribution in [0.1, 0.15) is 66.2 Å². The molecule has 0 aromatic rings. The first-order valence-electron chi connectivity index (χ1n) is 6.71. The van der Waals surface area contributed by atoms with E-state index in [1.165, 1.54) is 30.2 Å². The molecule has 0 fully saturated rings. The highest BCUT2D eigenvalue weighted by molar-refractivity contribution is 5.05. The molecule has 0 aliphatic rings. The summed E-state index contributed by atoms with van der Waals surface area (Å²) in [5, 5.41) is 8.76. The molecule has 98 valence electrons. The summed E-state index contributed by atoms with van der Waals surface area (Å²) in [5.41, 5.74) is 4.02. The molecule has 17 heavy (non-hydrogen) atoms. The summed E-state index contributed by atoms with van der Waals surface area (Å²) in [6.45, 7) is 8.60. The summed E-state index contributed by atoms with van der Waals surface area (Å²) < 4.78 is 0. The largest absolute Gasteiger partial charge is 0.516 e. The molecule has 0 radical (unpaired) electrons. The van der Waals surface area contributed by atoms with Gasteiger partial charge in [0, 0.05) is 0 Å². The zero-order valence-electron chi connectivity index (χ0n) is 11.9. The zero-order valence-corrected chi connectivity index (χ0v) is 11.9. The maximum Gasteiger partial charge on any atom is 0.0780 e. The summed E-state index contributed by atoms with van der Waals surface area (Å²) in [6.07, 6.45) is 12.6. The number of hydrogen-bond donors (Lipinski definition) is 1. The minimum absolute atomic E-state index is 0.957. The number of rotatable bonds is 8. The van der Waals surface area contributed by atoms with Gasteiger partial charge < -0.3 is 5.11 Å². The van der Waals surface area contributed by atoms with Crippen molar-refractivity contribution in [3.05, 3.63) is 35.1 Å². The Kier molecular flexibility index (Phi) is 9.60. The average Bonchev–Trinajstić information content (AvgIpc) is 2.29. The lowest BCUT2D eigenvalue weighted by atomic mass is 10.1. The maximum atomic E-state index is 8.76. The van der Waals surface area contributed by atoms with Gasteiger partial charge in [-0.3, -0.25) is 0 Å². The van der Waals surface area contributed by atoms with Gasteiger partial charge in [-0.05, 0) is 58.4 Å². The van der Waals surface area contributed by atoms with Crippen molar-refractivity contribution in [2.45, 2.75) is 66.2 Å². The van der Waals surface area contributed by atoms with Gasteiger partial charge >= 0.3 is 0 Å². The summed E-state index contributed by atoms with van der Waals surface area (Å²) in [5.74, 6) is 0. The number of hydrogen-bond acceptors (Lipinski definition) is 1. The van der Waals surface area contributed by atoms with Crippen LogP contribution in [0.3, 0.4) is 0 Å². The van der Waals surface area contributed by atoms with Crippen LogP contribution in [0.4, 0.5) is 0 Å². The summed E-state index contributed by atoms with van der Waals surface area (Å²) in [7, 11) is 0. The van der Waals surface area contributed by atoms with E-state index in [1.807, 2.05) is 6.92 Å². The third-order valence-electron chi connectivity index (χ3n) is 2.93. The number of aliphatic hydroxyl groups is 1. The van der Waals surface area contributed by atoms with Crippen LogP contribution in [0, 0.1) is 0 Å². The standard InChI is InChI=1S/C16H28O/c1-5-8-14(2)9-6-10-15(3)11-7-12-16(4)13-17/h9,11,13,17H,5-8,10,12H2,1-4H3/b14-9+,15-11+,16-13+. The first-order chi connectivity index (χ1) is 8.10. The number of aliphatic hydroxyl groups excluding tert-OH is 1. The highest BCUT2D eigenvalue weighted by atomic mass is 16.2. The smallest absolute Gasteiger partial charge is 0.0780 e. The molecule has 1 heteroatoms. The molecule has 0 atom stereocenters. The molecule has 0 spiro atoms. The lowest BCUT2D eigenvalue weighted by Crippen LogP contribution is -1.81. The minimum atomic E-state index is 0.957. The van der Waals surface area contributed by atoms with Gasteiger partial charge in [-0.15, -0.1) is 0 Å². The van der Waals surface area contributed by atoms with E-state index in [2.05, 4.69) is 32.9 Å². The van der Waals surface area contributed by atoms with Crippen LogP contribution < -0.4 is 0 Å². The van der Waals surface area contributed by atoms with E-state index in [0.717, 1.165) is 31.3 Å². The van der Waals surface area contributed by atoms with Crippen molar-refractivity contribution in [1.29, 1.82) is 0 Å². The van der Waals surface area contributed by atoms with Crippen molar-refractivity contribution in [3.8, 4) is 0 Å². The van der Waals surface area contributed by atoms with Gasteiger partial charge in [-0.25, -0.2) is 0 Å². The van der Waals surface area contributed by atoms with Crippen molar-refractivity contribution < 1.29 is 5.11 Å². The first kappa shape index (κ1) is 16.0. The molecule has 0 aromatic carbocycles. The van der Waals surface area contributed by atoms with Gasteiger partial charge in [0.15, 0.2) is 0 Å². The molecule has 0 aromatic heterocycles. The van der Waals surface area contributed by atoms with Crippen molar-refractivity contribution >= 4 is 0 Å². The summed E-state index contributed by atoms with van der Waals surface area (Å²) >= 11 is 0. The Hall–Kier alpha value is -0.980. The van der Waals surface area contributed by atoms with E-state index in [9.17, 15) is 0 Å². The van der Waals surface area contributed by atoms with Crippen molar-refractivity contribution in [3.63, 3.8) is 0 Å². The first-order valence-corrected chi connectivity index (χ1v) is 6.71. The van der Waals surface area contributed by atoms with E-state index < -0.39 is 0 Å². The molecule has 0 saturated carbocycles. The third-order valence-corrected chi connectivity index (χ3v) is 2.93. The second kappa shape index (κ2) is 10.2. The molecule has 0 heterocycles. The maximum absolute atomic E-state index is 8.76. The van der Waals surface area contributed by atoms with Crippen molar-refractivity contribution in [2.24, 2.45) is 0 Å². The minimum Gasteiger partial charge on any atom is -0.516 e. The molecule has 0 aliphatic carbocycles. The Morgan fingerprint density at radius 3 is 1.76 bits per heavy atom. The normalized spacial score (nSPS) is 14.2. The lowest BCUT2D eigenvalue weighted by Gasteiger charge is -2.01. The summed E-state index contributed by atoms with van der Waals surface area (Å²) in [6, 6.07) is 0. The second-order valence-electron chi connectivity index (χ2n) is 4.90. The van der Waals surface area contributed by atoms with E-state index in [0.29, 0.717) is 0 Å². The molecular weight excluding hydrogens is 208 g/mol. The average molecular weight is 236 g/mol. The Morgan fingerprint density at radius 1 is 0.824 bits per heavy atom. The fraction of sp³-hybridized carbons (Fsp3) is 0.625. The molecule has 0 unspecified atom stereocenters. The molecule has 0 amide bonds. The van der Waals surface area contributed by atoms with Crippen LogP contribution in [-0.2, 0) is 0 Å². The molecule has 0 aliphatic heterocycles. The van der Waals surface area contributed by atoms with Gasteiger partial charge in [0.25, 0.3) is 0 Å². The SMILES string of the molecule is CCC/C(C)=C/CC/C(C)=C/CC/C(C)=C/O. The molecule has 1 nitrogen and oxygen atoms in total. The lowest BCUT2D eigenvalue weighted by molar-refractivity contribution is 0.464. The van der Waals surface area contributed by atoms with Gasteiger partial charge in [-0.1, -0.05) is 36.6 Å². The van der Waals surface area contributed by atoms with Gasteiger partial charge in [0.1, 0.15) is 0 Å². The number of allylic oxidation sites excluding steroid dienone is 5. The fourth-order valence-corrected chi connectivity index (χ4v) is 1.76. The van der Waals surface area contributed by atoms with Gasteiger partial charge in [-0.2, -0.15) is 0 Å².